The number of hydrogen-bond donors (Lipinski definition) is 1. The van der Waals surface area contributed by atoms with E-state index in [4.69, 9.17) is 27.9 Å². The molecule has 2 atom stereocenters. The second kappa shape index (κ2) is 8.96. The molecule has 0 radical (unpaired) electrons. The highest BCUT2D eigenvalue weighted by molar-refractivity contribution is 6.35. The second-order valence-electron chi connectivity index (χ2n) is 6.66. The van der Waals surface area contributed by atoms with Crippen LogP contribution in [0.5, 0.6) is 5.75 Å². The topological polar surface area (TPSA) is 49.8 Å². The van der Waals surface area contributed by atoms with Crippen molar-refractivity contribution in [1.82, 2.24) is 4.90 Å². The summed E-state index contributed by atoms with van der Waals surface area (Å²) >= 11 is 12.6. The summed E-state index contributed by atoms with van der Waals surface area (Å²) in [4.78, 5) is 14.0. The highest BCUT2D eigenvalue weighted by atomic mass is 35.5. The molecule has 0 saturated carbocycles. The zero-order valence-electron chi connectivity index (χ0n) is 15.2. The predicted molar refractivity (Wildman–Crippen MR) is 108 cm³/mol. The zero-order chi connectivity index (χ0) is 19.4. The summed E-state index contributed by atoms with van der Waals surface area (Å²) in [6.07, 6.45) is 2.49. The molecule has 1 heterocycles. The number of halogens is 2. The van der Waals surface area contributed by atoms with Crippen molar-refractivity contribution < 1.29 is 14.6 Å². The van der Waals surface area contributed by atoms with E-state index in [0.29, 0.717) is 29.6 Å². The van der Waals surface area contributed by atoms with E-state index in [9.17, 15) is 9.90 Å². The van der Waals surface area contributed by atoms with Crippen LogP contribution in [0.25, 0.3) is 0 Å². The zero-order valence-corrected chi connectivity index (χ0v) is 16.7. The van der Waals surface area contributed by atoms with Crippen molar-refractivity contribution in [2.75, 3.05) is 13.2 Å². The maximum absolute atomic E-state index is 11.9. The quantitative estimate of drug-likeness (QED) is 0.694. The molecule has 0 amide bonds. The van der Waals surface area contributed by atoms with Gasteiger partial charge in [-0.1, -0.05) is 47.8 Å². The minimum absolute atomic E-state index is 0.281. The molecule has 1 fully saturated rings. The third kappa shape index (κ3) is 4.57. The number of carbonyl (C=O) groups is 1. The molecule has 27 heavy (non-hydrogen) atoms. The van der Waals surface area contributed by atoms with Crippen molar-refractivity contribution in [1.29, 1.82) is 0 Å². The van der Waals surface area contributed by atoms with Gasteiger partial charge in [0.1, 0.15) is 11.8 Å². The normalized spacial score (nSPS) is 18.9. The molecule has 1 aliphatic rings. The van der Waals surface area contributed by atoms with Crippen molar-refractivity contribution >= 4 is 29.2 Å². The lowest BCUT2D eigenvalue weighted by molar-refractivity contribution is -0.145. The Morgan fingerprint density at radius 3 is 2.78 bits per heavy atom. The van der Waals surface area contributed by atoms with Gasteiger partial charge in [0.2, 0.25) is 0 Å². The first-order valence-corrected chi connectivity index (χ1v) is 9.93. The lowest BCUT2D eigenvalue weighted by Crippen LogP contribution is -2.46. The van der Waals surface area contributed by atoms with Crippen LogP contribution in [0, 0.1) is 0 Å². The number of carboxylic acids is 1. The summed E-state index contributed by atoms with van der Waals surface area (Å²) in [5.74, 6) is -0.0419. The highest BCUT2D eigenvalue weighted by Gasteiger charge is 2.36. The highest BCUT2D eigenvalue weighted by Crippen LogP contribution is 2.39. The number of likely N-dealkylation sites (tertiary alicyclic amines) is 1. The molecule has 0 aliphatic carbocycles. The van der Waals surface area contributed by atoms with Gasteiger partial charge < -0.3 is 9.84 Å². The molecule has 6 heteroatoms. The van der Waals surface area contributed by atoms with Gasteiger partial charge in [-0.2, -0.15) is 0 Å². The van der Waals surface area contributed by atoms with E-state index in [1.54, 1.807) is 12.1 Å². The van der Waals surface area contributed by atoms with Crippen LogP contribution in [0.1, 0.15) is 43.4 Å². The van der Waals surface area contributed by atoms with Crippen LogP contribution < -0.4 is 4.74 Å². The molecule has 0 bridgehead atoms. The van der Waals surface area contributed by atoms with Crippen LogP contribution in [-0.2, 0) is 4.79 Å². The van der Waals surface area contributed by atoms with E-state index in [1.807, 2.05) is 42.2 Å². The summed E-state index contributed by atoms with van der Waals surface area (Å²) in [6, 6.07) is 12.3. The molecule has 1 saturated heterocycles. The standard InChI is InChI=1S/C21H23Cl2NO3/c1-2-27-16-7-5-6-14(12-16)20(17-10-9-15(22)13-18(17)23)24-11-4-3-8-19(24)21(25)26/h5-7,9-10,12-13,19-20H,2-4,8,11H2,1H3,(H,25,26). The molecule has 2 unspecified atom stereocenters. The monoisotopic (exact) mass is 407 g/mol. The van der Waals surface area contributed by atoms with E-state index in [0.717, 1.165) is 29.7 Å². The van der Waals surface area contributed by atoms with Gasteiger partial charge in [-0.15, -0.1) is 0 Å². The fraction of sp³-hybridized carbons (Fsp3) is 0.381. The van der Waals surface area contributed by atoms with Gasteiger partial charge in [-0.05, 0) is 61.7 Å². The van der Waals surface area contributed by atoms with E-state index < -0.39 is 12.0 Å². The van der Waals surface area contributed by atoms with Crippen LogP contribution in [0.15, 0.2) is 42.5 Å². The van der Waals surface area contributed by atoms with Crippen molar-refractivity contribution in [3.05, 3.63) is 63.6 Å². The first kappa shape index (κ1) is 20.0. The van der Waals surface area contributed by atoms with Gasteiger partial charge in [-0.25, -0.2) is 0 Å². The molecule has 0 aromatic heterocycles. The Bertz CT molecular complexity index is 812. The molecule has 2 aromatic rings. The van der Waals surface area contributed by atoms with Crippen molar-refractivity contribution in [2.45, 2.75) is 38.3 Å². The molecule has 1 aliphatic heterocycles. The molecule has 1 N–H and O–H groups in total. The maximum atomic E-state index is 11.9. The summed E-state index contributed by atoms with van der Waals surface area (Å²) in [5, 5.41) is 10.9. The Morgan fingerprint density at radius 2 is 2.07 bits per heavy atom. The van der Waals surface area contributed by atoms with Gasteiger partial charge >= 0.3 is 5.97 Å². The van der Waals surface area contributed by atoms with Crippen molar-refractivity contribution in [2.24, 2.45) is 0 Å². The van der Waals surface area contributed by atoms with E-state index in [1.165, 1.54) is 0 Å². The maximum Gasteiger partial charge on any atom is 0.320 e. The van der Waals surface area contributed by atoms with Gasteiger partial charge in [-0.3, -0.25) is 9.69 Å². The summed E-state index contributed by atoms with van der Waals surface area (Å²) < 4.78 is 5.65. The molecule has 0 spiro atoms. The fourth-order valence-corrected chi connectivity index (χ4v) is 4.25. The van der Waals surface area contributed by atoms with Crippen LogP contribution >= 0.6 is 23.2 Å². The van der Waals surface area contributed by atoms with Gasteiger partial charge in [0.05, 0.1) is 12.6 Å². The summed E-state index contributed by atoms with van der Waals surface area (Å²) in [5.41, 5.74) is 1.81. The van der Waals surface area contributed by atoms with Gasteiger partial charge in [0, 0.05) is 10.0 Å². The third-order valence-corrected chi connectivity index (χ3v) is 5.47. The molecular formula is C21H23Cl2NO3. The number of piperidine rings is 1. The SMILES string of the molecule is CCOc1cccc(C(c2ccc(Cl)cc2Cl)N2CCCCC2C(=O)O)c1. The number of hydrogen-bond acceptors (Lipinski definition) is 3. The molecule has 3 rings (SSSR count). The van der Waals surface area contributed by atoms with Crippen LogP contribution in [-0.4, -0.2) is 35.2 Å². The Labute approximate surface area is 169 Å². The first-order chi connectivity index (χ1) is 13.0. The van der Waals surface area contributed by atoms with E-state index in [2.05, 4.69) is 0 Å². The Kier molecular flexibility index (Phi) is 6.64. The Morgan fingerprint density at radius 1 is 1.26 bits per heavy atom. The van der Waals surface area contributed by atoms with E-state index >= 15 is 0 Å². The van der Waals surface area contributed by atoms with Gasteiger partial charge in [0.15, 0.2) is 0 Å². The average molecular weight is 408 g/mol. The second-order valence-corrected chi connectivity index (χ2v) is 7.51. The number of ether oxygens (including phenoxy) is 1. The molecule has 4 nitrogen and oxygen atoms in total. The smallest absolute Gasteiger partial charge is 0.320 e. The largest absolute Gasteiger partial charge is 0.494 e. The number of benzene rings is 2. The minimum atomic E-state index is -0.800. The fourth-order valence-electron chi connectivity index (χ4n) is 3.74. The number of aliphatic carboxylic acids is 1. The summed E-state index contributed by atoms with van der Waals surface area (Å²) in [7, 11) is 0. The Hall–Kier alpha value is -1.75. The van der Waals surface area contributed by atoms with Crippen LogP contribution in [0.4, 0.5) is 0 Å². The average Bonchev–Trinajstić information content (AvgIpc) is 2.65. The lowest BCUT2D eigenvalue weighted by atomic mass is 9.91. The number of rotatable bonds is 6. The van der Waals surface area contributed by atoms with Crippen molar-refractivity contribution in [3.8, 4) is 5.75 Å². The molecule has 144 valence electrons. The third-order valence-electron chi connectivity index (χ3n) is 4.90. The van der Waals surface area contributed by atoms with Crippen molar-refractivity contribution in [3.63, 3.8) is 0 Å². The van der Waals surface area contributed by atoms with Crippen LogP contribution in [0.3, 0.4) is 0 Å². The first-order valence-electron chi connectivity index (χ1n) is 9.17. The van der Waals surface area contributed by atoms with Crippen LogP contribution in [0.2, 0.25) is 10.0 Å². The number of carboxylic acid groups (broad SMARTS) is 1. The number of nitrogens with zero attached hydrogens (tertiary/aromatic N) is 1. The Balaban J connectivity index is 2.11. The van der Waals surface area contributed by atoms with Gasteiger partial charge in [0.25, 0.3) is 0 Å². The predicted octanol–water partition coefficient (Wildman–Crippen LogP) is 5.42. The summed E-state index contributed by atoms with van der Waals surface area (Å²) in [6.45, 7) is 3.20. The lowest BCUT2D eigenvalue weighted by Gasteiger charge is -2.40. The minimum Gasteiger partial charge on any atom is -0.494 e. The van der Waals surface area contributed by atoms with E-state index in [-0.39, 0.29) is 6.04 Å². The molecule has 2 aromatic carbocycles. The molecular weight excluding hydrogens is 385 g/mol.